The average molecular weight is 464 g/mol. The first kappa shape index (κ1) is 23.9. The number of ether oxygens (including phenoxy) is 1. The molecular formula is C23H20N4O7. The number of esters is 1. The lowest BCUT2D eigenvalue weighted by Gasteiger charge is -2.10. The van der Waals surface area contributed by atoms with Gasteiger partial charge in [-0.3, -0.25) is 25.0 Å². The lowest BCUT2D eigenvalue weighted by molar-refractivity contribution is -0.384. The molecule has 0 atom stereocenters. The number of nitrogens with one attached hydrogen (secondary N) is 2. The van der Waals surface area contributed by atoms with Gasteiger partial charge in [0.2, 0.25) is 0 Å². The van der Waals surface area contributed by atoms with Crippen LogP contribution in [0.1, 0.15) is 21.5 Å². The molecule has 0 aliphatic heterocycles. The van der Waals surface area contributed by atoms with Crippen molar-refractivity contribution in [2.24, 2.45) is 0 Å². The number of nitro groups is 2. The van der Waals surface area contributed by atoms with Crippen molar-refractivity contribution in [1.82, 2.24) is 0 Å². The fourth-order valence-corrected chi connectivity index (χ4v) is 3.05. The molecule has 3 aromatic rings. The van der Waals surface area contributed by atoms with Gasteiger partial charge in [0, 0.05) is 30.4 Å². The summed E-state index contributed by atoms with van der Waals surface area (Å²) < 4.78 is 4.97. The monoisotopic (exact) mass is 464 g/mol. The fourth-order valence-electron chi connectivity index (χ4n) is 3.05. The summed E-state index contributed by atoms with van der Waals surface area (Å²) in [5.41, 5.74) is 1.43. The van der Waals surface area contributed by atoms with Gasteiger partial charge >= 0.3 is 5.97 Å². The number of hydrogen-bond donors (Lipinski definition) is 2. The van der Waals surface area contributed by atoms with Crippen molar-refractivity contribution in [3.05, 3.63) is 104 Å². The predicted molar refractivity (Wildman–Crippen MR) is 124 cm³/mol. The van der Waals surface area contributed by atoms with E-state index in [1.807, 2.05) is 30.3 Å². The quantitative estimate of drug-likeness (QED) is 0.271. The number of nitro benzene ring substituents is 2. The SMILES string of the molecule is Cc1cc([N+](=O)[O-])ccc1NC(=O)COC(=O)c1ccc(NCc2ccccc2)c([N+](=O)[O-])c1. The molecule has 0 aliphatic carbocycles. The molecule has 11 heteroatoms. The Balaban J connectivity index is 1.61. The Morgan fingerprint density at radius 2 is 1.62 bits per heavy atom. The smallest absolute Gasteiger partial charge is 0.338 e. The number of rotatable bonds is 9. The van der Waals surface area contributed by atoms with Gasteiger partial charge in [-0.1, -0.05) is 30.3 Å². The lowest BCUT2D eigenvalue weighted by Crippen LogP contribution is -2.21. The van der Waals surface area contributed by atoms with Crippen LogP contribution in [0.2, 0.25) is 0 Å². The van der Waals surface area contributed by atoms with Gasteiger partial charge in [0.1, 0.15) is 5.69 Å². The zero-order valence-electron chi connectivity index (χ0n) is 18.0. The van der Waals surface area contributed by atoms with Crippen molar-refractivity contribution >= 4 is 34.6 Å². The van der Waals surface area contributed by atoms with E-state index in [1.165, 1.54) is 30.3 Å². The van der Waals surface area contributed by atoms with Gasteiger partial charge < -0.3 is 15.4 Å². The van der Waals surface area contributed by atoms with Crippen LogP contribution in [0.3, 0.4) is 0 Å². The van der Waals surface area contributed by atoms with Crippen molar-refractivity contribution in [2.45, 2.75) is 13.5 Å². The number of carbonyl (C=O) groups excluding carboxylic acids is 2. The molecule has 0 heterocycles. The number of carbonyl (C=O) groups is 2. The second-order valence-electron chi connectivity index (χ2n) is 7.21. The van der Waals surface area contributed by atoms with Gasteiger partial charge in [-0.05, 0) is 36.2 Å². The van der Waals surface area contributed by atoms with Crippen molar-refractivity contribution in [2.75, 3.05) is 17.2 Å². The number of anilines is 2. The minimum Gasteiger partial charge on any atom is -0.452 e. The zero-order chi connectivity index (χ0) is 24.7. The molecule has 0 bridgehead atoms. The van der Waals surface area contributed by atoms with Crippen molar-refractivity contribution in [3.63, 3.8) is 0 Å². The number of nitrogens with zero attached hydrogens (tertiary/aromatic N) is 2. The highest BCUT2D eigenvalue weighted by Crippen LogP contribution is 2.27. The van der Waals surface area contributed by atoms with Crippen LogP contribution in [0, 0.1) is 27.2 Å². The summed E-state index contributed by atoms with van der Waals surface area (Å²) in [6.07, 6.45) is 0. The van der Waals surface area contributed by atoms with E-state index in [0.29, 0.717) is 17.8 Å². The minimum absolute atomic E-state index is 0.0868. The molecule has 3 aromatic carbocycles. The second kappa shape index (κ2) is 10.7. The largest absolute Gasteiger partial charge is 0.452 e. The molecule has 0 saturated carbocycles. The second-order valence-corrected chi connectivity index (χ2v) is 7.21. The van der Waals surface area contributed by atoms with E-state index < -0.39 is 28.3 Å². The van der Waals surface area contributed by atoms with Crippen LogP contribution in [0.25, 0.3) is 0 Å². The molecule has 11 nitrogen and oxygen atoms in total. The summed E-state index contributed by atoms with van der Waals surface area (Å²) in [6.45, 7) is 1.30. The van der Waals surface area contributed by atoms with Crippen LogP contribution < -0.4 is 10.6 Å². The molecule has 3 rings (SSSR count). The van der Waals surface area contributed by atoms with Gasteiger partial charge in [-0.15, -0.1) is 0 Å². The topological polar surface area (TPSA) is 154 Å². The first-order valence-electron chi connectivity index (χ1n) is 10.0. The van der Waals surface area contributed by atoms with Crippen LogP contribution >= 0.6 is 0 Å². The highest BCUT2D eigenvalue weighted by molar-refractivity contribution is 5.96. The van der Waals surface area contributed by atoms with E-state index in [-0.39, 0.29) is 22.6 Å². The van der Waals surface area contributed by atoms with E-state index in [4.69, 9.17) is 4.74 Å². The fraction of sp³-hybridized carbons (Fsp3) is 0.130. The standard InChI is InChI=1S/C23H20N4O7/c1-15-11-18(26(30)31)8-10-19(15)25-22(28)14-34-23(29)17-7-9-20(21(12-17)27(32)33)24-13-16-5-3-2-4-6-16/h2-12,24H,13-14H2,1H3,(H,25,28). The van der Waals surface area contributed by atoms with Crippen LogP contribution in [0.15, 0.2) is 66.7 Å². The molecular weight excluding hydrogens is 444 g/mol. The summed E-state index contributed by atoms with van der Waals surface area (Å²) in [6, 6.07) is 17.1. The summed E-state index contributed by atoms with van der Waals surface area (Å²) in [7, 11) is 0. The molecule has 0 saturated heterocycles. The van der Waals surface area contributed by atoms with Crippen LogP contribution in [-0.4, -0.2) is 28.3 Å². The first-order chi connectivity index (χ1) is 16.2. The van der Waals surface area contributed by atoms with Gasteiger partial charge in [-0.2, -0.15) is 0 Å². The van der Waals surface area contributed by atoms with E-state index in [1.54, 1.807) is 6.92 Å². The highest BCUT2D eigenvalue weighted by Gasteiger charge is 2.19. The number of benzene rings is 3. The summed E-state index contributed by atoms with van der Waals surface area (Å²) >= 11 is 0. The van der Waals surface area contributed by atoms with Crippen molar-refractivity contribution in [3.8, 4) is 0 Å². The summed E-state index contributed by atoms with van der Waals surface area (Å²) in [5, 5.41) is 27.8. The Labute approximate surface area is 193 Å². The summed E-state index contributed by atoms with van der Waals surface area (Å²) in [4.78, 5) is 45.6. The zero-order valence-corrected chi connectivity index (χ0v) is 18.0. The maximum Gasteiger partial charge on any atom is 0.338 e. The third-order valence-electron chi connectivity index (χ3n) is 4.79. The van der Waals surface area contributed by atoms with Gasteiger partial charge in [0.05, 0.1) is 15.4 Å². The van der Waals surface area contributed by atoms with E-state index in [9.17, 15) is 29.8 Å². The maximum atomic E-state index is 12.3. The van der Waals surface area contributed by atoms with E-state index in [2.05, 4.69) is 10.6 Å². The molecule has 0 aromatic heterocycles. The van der Waals surface area contributed by atoms with Gasteiger partial charge in [0.15, 0.2) is 6.61 Å². The Morgan fingerprint density at radius 3 is 2.26 bits per heavy atom. The summed E-state index contributed by atoms with van der Waals surface area (Å²) in [5.74, 6) is -1.57. The third kappa shape index (κ3) is 6.13. The average Bonchev–Trinajstić information content (AvgIpc) is 2.82. The molecule has 0 spiro atoms. The normalized spacial score (nSPS) is 10.3. The Hall–Kier alpha value is -4.80. The van der Waals surface area contributed by atoms with E-state index >= 15 is 0 Å². The minimum atomic E-state index is -0.909. The first-order valence-corrected chi connectivity index (χ1v) is 10.0. The highest BCUT2D eigenvalue weighted by atomic mass is 16.6. The molecule has 2 N–H and O–H groups in total. The van der Waals surface area contributed by atoms with Crippen molar-refractivity contribution in [1.29, 1.82) is 0 Å². The van der Waals surface area contributed by atoms with Gasteiger partial charge in [-0.25, -0.2) is 4.79 Å². The molecule has 0 fully saturated rings. The van der Waals surface area contributed by atoms with E-state index in [0.717, 1.165) is 11.6 Å². The Bertz CT molecular complexity index is 1250. The molecule has 1 amide bonds. The number of hydrogen-bond acceptors (Lipinski definition) is 8. The molecule has 0 aliphatic rings. The van der Waals surface area contributed by atoms with Gasteiger partial charge in [0.25, 0.3) is 17.3 Å². The molecule has 0 unspecified atom stereocenters. The van der Waals surface area contributed by atoms with Crippen LogP contribution in [0.5, 0.6) is 0 Å². The molecule has 34 heavy (non-hydrogen) atoms. The third-order valence-corrected chi connectivity index (χ3v) is 4.79. The van der Waals surface area contributed by atoms with Crippen LogP contribution in [0.4, 0.5) is 22.7 Å². The van der Waals surface area contributed by atoms with Crippen LogP contribution in [-0.2, 0) is 16.1 Å². The lowest BCUT2D eigenvalue weighted by atomic mass is 10.1. The Morgan fingerprint density at radius 1 is 0.912 bits per heavy atom. The number of amides is 1. The number of aryl methyl sites for hydroxylation is 1. The maximum absolute atomic E-state index is 12.3. The predicted octanol–water partition coefficient (Wildman–Crippen LogP) is 4.22. The number of non-ortho nitro benzene ring substituents is 1. The van der Waals surface area contributed by atoms with Crippen molar-refractivity contribution < 1.29 is 24.2 Å². The molecule has 174 valence electrons. The Kier molecular flexibility index (Phi) is 7.49. The molecule has 0 radical (unpaired) electrons.